The summed E-state index contributed by atoms with van der Waals surface area (Å²) in [4.78, 5) is 0. The van der Waals surface area contributed by atoms with Gasteiger partial charge in [-0.1, -0.05) is 42.5 Å². The molecule has 1 aliphatic heterocycles. The lowest BCUT2D eigenvalue weighted by Gasteiger charge is -2.40. The Kier molecular flexibility index (Phi) is 6.88. The van der Waals surface area contributed by atoms with E-state index in [2.05, 4.69) is 22.6 Å². The maximum atomic E-state index is 12.7. The topological polar surface area (TPSA) is 87.1 Å². The molecule has 1 saturated heterocycles. The molecular weight excluding hydrogens is 481 g/mol. The molecule has 2 N–H and O–H groups in total. The second-order valence-electron chi connectivity index (χ2n) is 6.58. The Balaban J connectivity index is 1.76. The molecular formula is C19H22INO5S. The number of aliphatic hydroxyl groups excluding tert-OH is 2. The lowest BCUT2D eigenvalue weighted by Crippen LogP contribution is -2.60. The van der Waals surface area contributed by atoms with Crippen LogP contribution >= 0.6 is 22.6 Å². The maximum Gasteiger partial charge on any atom is 0.217 e. The number of rotatable bonds is 6. The first-order valence-electron chi connectivity index (χ1n) is 8.58. The van der Waals surface area contributed by atoms with Gasteiger partial charge in [0.2, 0.25) is 10.0 Å². The molecule has 0 radical (unpaired) electrons. The molecule has 1 fully saturated rings. The summed E-state index contributed by atoms with van der Waals surface area (Å²) in [6.07, 6.45) is -2.53. The van der Waals surface area contributed by atoms with E-state index in [-0.39, 0.29) is 13.2 Å². The molecule has 8 heteroatoms. The minimum Gasteiger partial charge on any atom is -0.389 e. The maximum absolute atomic E-state index is 12.7. The van der Waals surface area contributed by atoms with Crippen LogP contribution in [0.1, 0.15) is 11.1 Å². The van der Waals surface area contributed by atoms with Crippen LogP contribution in [0.25, 0.3) is 0 Å². The molecule has 6 nitrogen and oxygen atoms in total. The molecule has 0 bridgehead atoms. The Labute approximate surface area is 173 Å². The summed E-state index contributed by atoms with van der Waals surface area (Å²) in [5.74, 6) is -0.492. The first kappa shape index (κ1) is 20.7. The van der Waals surface area contributed by atoms with Crippen molar-refractivity contribution in [3.63, 3.8) is 0 Å². The van der Waals surface area contributed by atoms with Gasteiger partial charge in [0.15, 0.2) is 0 Å². The first-order valence-corrected chi connectivity index (χ1v) is 11.3. The van der Waals surface area contributed by atoms with Crippen molar-refractivity contribution in [2.75, 3.05) is 12.4 Å². The zero-order chi connectivity index (χ0) is 19.4. The number of aliphatic hydroxyl groups is 2. The minimum atomic E-state index is -3.72. The highest BCUT2D eigenvalue weighted by Gasteiger charge is 2.45. The van der Waals surface area contributed by atoms with Gasteiger partial charge in [-0.2, -0.15) is 4.31 Å². The highest BCUT2D eigenvalue weighted by atomic mass is 127. The van der Waals surface area contributed by atoms with Gasteiger partial charge >= 0.3 is 0 Å². The van der Waals surface area contributed by atoms with Crippen LogP contribution < -0.4 is 0 Å². The molecule has 0 aliphatic carbocycles. The van der Waals surface area contributed by atoms with Crippen LogP contribution in [0, 0.1) is 3.57 Å². The highest BCUT2D eigenvalue weighted by Crippen LogP contribution is 2.25. The molecule has 27 heavy (non-hydrogen) atoms. The third kappa shape index (κ3) is 5.27. The molecule has 1 heterocycles. The van der Waals surface area contributed by atoms with Crippen LogP contribution in [-0.4, -0.2) is 53.5 Å². The predicted octanol–water partition coefficient (Wildman–Crippen LogP) is 1.74. The van der Waals surface area contributed by atoms with Crippen LogP contribution in [-0.2, 0) is 27.9 Å². The Hall–Kier alpha value is -1.04. The SMILES string of the molecule is O=S1(=O)C[C@@H](O)[C@H](O)[C@@H](COCc2ccccc2)N1Cc1ccc(I)cc1. The van der Waals surface area contributed by atoms with Gasteiger partial charge in [-0.05, 0) is 45.9 Å². The summed E-state index contributed by atoms with van der Waals surface area (Å²) in [6, 6.07) is 16.2. The van der Waals surface area contributed by atoms with Gasteiger partial charge < -0.3 is 14.9 Å². The van der Waals surface area contributed by atoms with E-state index in [1.807, 2.05) is 54.6 Å². The van der Waals surface area contributed by atoms with Gasteiger partial charge in [0.1, 0.15) is 0 Å². The van der Waals surface area contributed by atoms with Crippen LogP contribution in [0.2, 0.25) is 0 Å². The Morgan fingerprint density at radius 2 is 1.70 bits per heavy atom. The van der Waals surface area contributed by atoms with E-state index in [4.69, 9.17) is 4.74 Å². The van der Waals surface area contributed by atoms with Gasteiger partial charge in [-0.25, -0.2) is 8.42 Å². The van der Waals surface area contributed by atoms with Crippen molar-refractivity contribution in [1.29, 1.82) is 0 Å². The lowest BCUT2D eigenvalue weighted by molar-refractivity contribution is -0.0530. The quantitative estimate of drug-likeness (QED) is 0.587. The summed E-state index contributed by atoms with van der Waals surface area (Å²) >= 11 is 2.18. The smallest absolute Gasteiger partial charge is 0.217 e. The van der Waals surface area contributed by atoms with E-state index in [1.165, 1.54) is 4.31 Å². The first-order chi connectivity index (χ1) is 12.9. The van der Waals surface area contributed by atoms with Crippen molar-refractivity contribution < 1.29 is 23.4 Å². The number of hydrogen-bond acceptors (Lipinski definition) is 5. The summed E-state index contributed by atoms with van der Waals surface area (Å²) in [6.45, 7) is 0.427. The average molecular weight is 503 g/mol. The van der Waals surface area contributed by atoms with E-state index in [0.717, 1.165) is 14.7 Å². The molecule has 2 aromatic rings. The molecule has 1 aliphatic rings. The van der Waals surface area contributed by atoms with Crippen LogP contribution in [0.3, 0.4) is 0 Å². The summed E-state index contributed by atoms with van der Waals surface area (Å²) in [5, 5.41) is 20.4. The third-order valence-corrected chi connectivity index (χ3v) is 7.15. The molecule has 0 saturated carbocycles. The largest absolute Gasteiger partial charge is 0.389 e. The fourth-order valence-corrected chi connectivity index (χ4v) is 5.21. The van der Waals surface area contributed by atoms with Crippen LogP contribution in [0.5, 0.6) is 0 Å². The van der Waals surface area contributed by atoms with Crippen LogP contribution in [0.15, 0.2) is 54.6 Å². The third-order valence-electron chi connectivity index (χ3n) is 4.55. The second kappa shape index (κ2) is 8.97. The zero-order valence-corrected chi connectivity index (χ0v) is 17.6. The fraction of sp³-hybridized carbons (Fsp3) is 0.368. The minimum absolute atomic E-state index is 0.00325. The van der Waals surface area contributed by atoms with Crippen molar-refractivity contribution in [2.24, 2.45) is 0 Å². The van der Waals surface area contributed by atoms with Crippen molar-refractivity contribution in [3.05, 3.63) is 69.3 Å². The van der Waals surface area contributed by atoms with Gasteiger partial charge in [0, 0.05) is 10.1 Å². The molecule has 0 amide bonds. The van der Waals surface area contributed by atoms with Gasteiger partial charge in [-0.15, -0.1) is 0 Å². The lowest BCUT2D eigenvalue weighted by atomic mass is 10.1. The number of hydrogen-bond donors (Lipinski definition) is 2. The number of nitrogens with zero attached hydrogens (tertiary/aromatic N) is 1. The Morgan fingerprint density at radius 3 is 2.37 bits per heavy atom. The highest BCUT2D eigenvalue weighted by molar-refractivity contribution is 14.1. The van der Waals surface area contributed by atoms with E-state index in [9.17, 15) is 18.6 Å². The van der Waals surface area contributed by atoms with Crippen molar-refractivity contribution >= 4 is 32.6 Å². The zero-order valence-electron chi connectivity index (χ0n) is 14.6. The van der Waals surface area contributed by atoms with E-state index in [1.54, 1.807) is 0 Å². The standard InChI is InChI=1S/C19H22INO5S/c20-16-8-6-14(7-9-16)10-21-17(19(23)18(22)13-27(21,24)25)12-26-11-15-4-2-1-3-5-15/h1-9,17-19,22-23H,10-13H2/t17-,18-,19-/m1/s1. The molecule has 146 valence electrons. The van der Waals surface area contributed by atoms with Crippen molar-refractivity contribution in [2.45, 2.75) is 31.4 Å². The fourth-order valence-electron chi connectivity index (χ4n) is 3.08. The Bertz CT molecular complexity index is 844. The number of halogens is 1. The molecule has 3 rings (SSSR count). The van der Waals surface area contributed by atoms with Crippen molar-refractivity contribution in [3.8, 4) is 0 Å². The number of benzene rings is 2. The molecule has 0 aromatic heterocycles. The predicted molar refractivity (Wildman–Crippen MR) is 110 cm³/mol. The van der Waals surface area contributed by atoms with E-state index >= 15 is 0 Å². The normalized spacial score (nSPS) is 25.4. The average Bonchev–Trinajstić information content (AvgIpc) is 2.64. The summed E-state index contributed by atoms with van der Waals surface area (Å²) in [7, 11) is -3.72. The molecule has 2 aromatic carbocycles. The van der Waals surface area contributed by atoms with Crippen LogP contribution in [0.4, 0.5) is 0 Å². The number of sulfonamides is 1. The van der Waals surface area contributed by atoms with E-state index < -0.39 is 34.0 Å². The monoisotopic (exact) mass is 503 g/mol. The molecule has 0 unspecified atom stereocenters. The molecule has 3 atom stereocenters. The second-order valence-corrected chi connectivity index (χ2v) is 9.79. The van der Waals surface area contributed by atoms with Gasteiger partial charge in [-0.3, -0.25) is 0 Å². The van der Waals surface area contributed by atoms with Gasteiger partial charge in [0.25, 0.3) is 0 Å². The molecule has 0 spiro atoms. The summed E-state index contributed by atoms with van der Waals surface area (Å²) < 4.78 is 33.3. The number of ether oxygens (including phenoxy) is 1. The van der Waals surface area contributed by atoms with E-state index in [0.29, 0.717) is 6.61 Å². The van der Waals surface area contributed by atoms with Crippen molar-refractivity contribution in [1.82, 2.24) is 4.31 Å². The summed E-state index contributed by atoms with van der Waals surface area (Å²) in [5.41, 5.74) is 1.77. The Morgan fingerprint density at radius 1 is 1.04 bits per heavy atom. The van der Waals surface area contributed by atoms with Gasteiger partial charge in [0.05, 0.1) is 37.2 Å².